The second-order valence-corrected chi connectivity index (χ2v) is 5.31. The number of hydrogen-bond acceptors (Lipinski definition) is 3. The molecule has 102 valence electrons. The van der Waals surface area contributed by atoms with Gasteiger partial charge in [0.15, 0.2) is 0 Å². The van der Waals surface area contributed by atoms with Crippen molar-refractivity contribution in [2.24, 2.45) is 0 Å². The molecule has 0 radical (unpaired) electrons. The SMILES string of the molecule is CCC(C)(C)OCCCCC(C)(NC)C(=O)O. The Labute approximate surface area is 105 Å². The van der Waals surface area contributed by atoms with Gasteiger partial charge in [-0.15, -0.1) is 0 Å². The van der Waals surface area contributed by atoms with E-state index in [1.165, 1.54) is 0 Å². The first-order chi connectivity index (χ1) is 7.77. The van der Waals surface area contributed by atoms with Crippen LogP contribution >= 0.6 is 0 Å². The lowest BCUT2D eigenvalue weighted by Crippen LogP contribution is -2.47. The van der Waals surface area contributed by atoms with Crippen LogP contribution in [0.4, 0.5) is 0 Å². The number of nitrogens with one attached hydrogen (secondary N) is 1. The summed E-state index contributed by atoms with van der Waals surface area (Å²) in [5.74, 6) is -0.796. The van der Waals surface area contributed by atoms with Crippen LogP contribution in [-0.2, 0) is 9.53 Å². The maximum atomic E-state index is 11.0. The van der Waals surface area contributed by atoms with Gasteiger partial charge in [-0.05, 0) is 53.5 Å². The van der Waals surface area contributed by atoms with E-state index < -0.39 is 11.5 Å². The van der Waals surface area contributed by atoms with Crippen LogP contribution in [0.3, 0.4) is 0 Å². The Hall–Kier alpha value is -0.610. The summed E-state index contributed by atoms with van der Waals surface area (Å²) >= 11 is 0. The summed E-state index contributed by atoms with van der Waals surface area (Å²) in [6.45, 7) is 8.65. The topological polar surface area (TPSA) is 58.6 Å². The number of unbranched alkanes of at least 4 members (excludes halogenated alkanes) is 1. The Bertz CT molecular complexity index is 241. The van der Waals surface area contributed by atoms with Gasteiger partial charge in [0.2, 0.25) is 0 Å². The minimum absolute atomic E-state index is 0.0703. The molecule has 0 aromatic rings. The summed E-state index contributed by atoms with van der Waals surface area (Å²) in [5.41, 5.74) is -0.890. The molecule has 0 aromatic heterocycles. The summed E-state index contributed by atoms with van der Waals surface area (Å²) in [6, 6.07) is 0. The molecular formula is C13H27NO3. The summed E-state index contributed by atoms with van der Waals surface area (Å²) in [4.78, 5) is 11.0. The zero-order valence-corrected chi connectivity index (χ0v) is 11.8. The maximum absolute atomic E-state index is 11.0. The second kappa shape index (κ2) is 6.97. The van der Waals surface area contributed by atoms with Gasteiger partial charge >= 0.3 is 5.97 Å². The molecule has 1 atom stereocenters. The Morgan fingerprint density at radius 3 is 2.29 bits per heavy atom. The standard InChI is InChI=1S/C13H27NO3/c1-6-12(2,3)17-10-8-7-9-13(4,14-5)11(15)16/h14H,6-10H2,1-5H3,(H,15,16). The molecular weight excluding hydrogens is 218 g/mol. The zero-order valence-electron chi connectivity index (χ0n) is 11.8. The molecule has 4 nitrogen and oxygen atoms in total. The number of rotatable bonds is 9. The first kappa shape index (κ1) is 16.4. The van der Waals surface area contributed by atoms with E-state index in [0.717, 1.165) is 19.3 Å². The Morgan fingerprint density at radius 1 is 1.29 bits per heavy atom. The van der Waals surface area contributed by atoms with Crippen LogP contribution in [0, 0.1) is 0 Å². The third kappa shape index (κ3) is 6.03. The van der Waals surface area contributed by atoms with E-state index in [0.29, 0.717) is 13.0 Å². The molecule has 0 aromatic carbocycles. The smallest absolute Gasteiger partial charge is 0.323 e. The minimum atomic E-state index is -0.819. The van der Waals surface area contributed by atoms with Crippen LogP contribution in [0.5, 0.6) is 0 Å². The average Bonchev–Trinajstić information content (AvgIpc) is 2.28. The molecule has 4 heteroatoms. The average molecular weight is 245 g/mol. The van der Waals surface area contributed by atoms with E-state index >= 15 is 0 Å². The van der Waals surface area contributed by atoms with E-state index in [1.54, 1.807) is 14.0 Å². The van der Waals surface area contributed by atoms with Crippen molar-refractivity contribution in [1.82, 2.24) is 5.32 Å². The highest BCUT2D eigenvalue weighted by molar-refractivity contribution is 5.78. The molecule has 0 spiro atoms. The molecule has 1 unspecified atom stereocenters. The van der Waals surface area contributed by atoms with Gasteiger partial charge in [0.25, 0.3) is 0 Å². The molecule has 0 aliphatic carbocycles. The van der Waals surface area contributed by atoms with Crippen molar-refractivity contribution in [3.05, 3.63) is 0 Å². The van der Waals surface area contributed by atoms with Crippen LogP contribution in [0.15, 0.2) is 0 Å². The fraction of sp³-hybridized carbons (Fsp3) is 0.923. The van der Waals surface area contributed by atoms with Crippen LogP contribution < -0.4 is 5.32 Å². The summed E-state index contributed by atoms with van der Waals surface area (Å²) < 4.78 is 5.72. The van der Waals surface area contributed by atoms with Gasteiger partial charge in [0.1, 0.15) is 5.54 Å². The molecule has 0 fully saturated rings. The number of carboxylic acid groups (broad SMARTS) is 1. The van der Waals surface area contributed by atoms with Crippen LogP contribution in [0.2, 0.25) is 0 Å². The third-order valence-corrected chi connectivity index (χ3v) is 3.44. The first-order valence-corrected chi connectivity index (χ1v) is 6.33. The third-order valence-electron chi connectivity index (χ3n) is 3.44. The number of aliphatic carboxylic acids is 1. The van der Waals surface area contributed by atoms with E-state index in [4.69, 9.17) is 9.84 Å². The van der Waals surface area contributed by atoms with E-state index in [2.05, 4.69) is 26.1 Å². The second-order valence-electron chi connectivity index (χ2n) is 5.31. The van der Waals surface area contributed by atoms with Crippen molar-refractivity contribution >= 4 is 5.97 Å². The molecule has 0 aliphatic rings. The normalized spacial score (nSPS) is 15.6. The molecule has 17 heavy (non-hydrogen) atoms. The lowest BCUT2D eigenvalue weighted by atomic mass is 9.95. The molecule has 0 aliphatic heterocycles. The van der Waals surface area contributed by atoms with Gasteiger partial charge in [-0.3, -0.25) is 4.79 Å². The van der Waals surface area contributed by atoms with Crippen LogP contribution in [-0.4, -0.2) is 35.9 Å². The molecule has 0 bridgehead atoms. The molecule has 0 saturated carbocycles. The van der Waals surface area contributed by atoms with Crippen molar-refractivity contribution in [1.29, 1.82) is 0 Å². The number of ether oxygens (including phenoxy) is 1. The van der Waals surface area contributed by atoms with Crippen molar-refractivity contribution in [2.45, 2.75) is 64.5 Å². The van der Waals surface area contributed by atoms with Gasteiger partial charge < -0.3 is 15.2 Å². The van der Waals surface area contributed by atoms with Crippen molar-refractivity contribution in [3.8, 4) is 0 Å². The number of carbonyl (C=O) groups is 1. The molecule has 0 amide bonds. The largest absolute Gasteiger partial charge is 0.480 e. The van der Waals surface area contributed by atoms with E-state index in [1.807, 2.05) is 0 Å². The Morgan fingerprint density at radius 2 is 1.88 bits per heavy atom. The quantitative estimate of drug-likeness (QED) is 0.612. The lowest BCUT2D eigenvalue weighted by molar-refractivity contribution is -0.144. The predicted molar refractivity (Wildman–Crippen MR) is 69.3 cm³/mol. The van der Waals surface area contributed by atoms with Crippen molar-refractivity contribution in [2.75, 3.05) is 13.7 Å². The monoisotopic (exact) mass is 245 g/mol. The number of likely N-dealkylation sites (N-methyl/N-ethyl adjacent to an activating group) is 1. The van der Waals surface area contributed by atoms with E-state index in [-0.39, 0.29) is 5.60 Å². The number of hydrogen-bond donors (Lipinski definition) is 2. The molecule has 2 N–H and O–H groups in total. The van der Waals surface area contributed by atoms with Gasteiger partial charge in [-0.25, -0.2) is 0 Å². The summed E-state index contributed by atoms with van der Waals surface area (Å²) in [7, 11) is 1.69. The van der Waals surface area contributed by atoms with Gasteiger partial charge in [0, 0.05) is 6.61 Å². The van der Waals surface area contributed by atoms with Crippen molar-refractivity contribution in [3.63, 3.8) is 0 Å². The van der Waals surface area contributed by atoms with Crippen molar-refractivity contribution < 1.29 is 14.6 Å². The number of carboxylic acids is 1. The summed E-state index contributed by atoms with van der Waals surface area (Å²) in [5, 5.41) is 11.9. The van der Waals surface area contributed by atoms with Gasteiger partial charge in [0.05, 0.1) is 5.60 Å². The fourth-order valence-corrected chi connectivity index (χ4v) is 1.37. The van der Waals surface area contributed by atoms with Gasteiger partial charge in [-0.1, -0.05) is 6.92 Å². The minimum Gasteiger partial charge on any atom is -0.480 e. The highest BCUT2D eigenvalue weighted by Gasteiger charge is 2.30. The zero-order chi connectivity index (χ0) is 13.5. The Kier molecular flexibility index (Phi) is 6.72. The highest BCUT2D eigenvalue weighted by Crippen LogP contribution is 2.17. The summed E-state index contributed by atoms with van der Waals surface area (Å²) in [6.07, 6.45) is 3.35. The highest BCUT2D eigenvalue weighted by atomic mass is 16.5. The Balaban J connectivity index is 3.82. The maximum Gasteiger partial charge on any atom is 0.323 e. The van der Waals surface area contributed by atoms with Gasteiger partial charge in [-0.2, -0.15) is 0 Å². The van der Waals surface area contributed by atoms with E-state index in [9.17, 15) is 4.79 Å². The molecule has 0 rings (SSSR count). The fourth-order valence-electron chi connectivity index (χ4n) is 1.37. The molecule has 0 saturated heterocycles. The first-order valence-electron chi connectivity index (χ1n) is 6.33. The molecule has 0 heterocycles. The van der Waals surface area contributed by atoms with Crippen LogP contribution in [0.1, 0.15) is 53.4 Å². The van der Waals surface area contributed by atoms with Crippen LogP contribution in [0.25, 0.3) is 0 Å². The predicted octanol–water partition coefficient (Wildman–Crippen LogP) is 2.42. The lowest BCUT2D eigenvalue weighted by Gasteiger charge is -2.25.